The summed E-state index contributed by atoms with van der Waals surface area (Å²) in [4.78, 5) is 0.303. The molecule has 0 amide bonds. The lowest BCUT2D eigenvalue weighted by atomic mass is 10.4. The largest absolute Gasteiger partial charge is 0.313 e. The maximum atomic E-state index is 11.9. The lowest BCUT2D eigenvalue weighted by Gasteiger charge is -2.05. The molecule has 0 aromatic heterocycles. The van der Waals surface area contributed by atoms with Crippen LogP contribution in [0.1, 0.15) is 12.8 Å². The van der Waals surface area contributed by atoms with Crippen molar-refractivity contribution in [1.29, 1.82) is 0 Å². The highest BCUT2D eigenvalue weighted by atomic mass is 35.5. The Morgan fingerprint density at radius 1 is 1.38 bits per heavy atom. The minimum absolute atomic E-state index is 0.129. The minimum Gasteiger partial charge on any atom is -0.313 e. The van der Waals surface area contributed by atoms with Crippen LogP contribution in [0.4, 0.5) is 0 Å². The van der Waals surface area contributed by atoms with Crippen molar-refractivity contribution in [2.45, 2.75) is 23.8 Å². The van der Waals surface area contributed by atoms with Crippen LogP contribution >= 0.6 is 11.6 Å². The third-order valence-corrected chi connectivity index (χ3v) is 4.49. The van der Waals surface area contributed by atoms with Crippen molar-refractivity contribution in [2.24, 2.45) is 0 Å². The Bertz CT molecular complexity index is 469. The summed E-state index contributed by atoms with van der Waals surface area (Å²) in [7, 11) is -3.20. The van der Waals surface area contributed by atoms with E-state index < -0.39 is 9.84 Å². The molecule has 0 saturated heterocycles. The Morgan fingerprint density at radius 3 is 2.75 bits per heavy atom. The van der Waals surface area contributed by atoms with Gasteiger partial charge in [-0.3, -0.25) is 0 Å². The van der Waals surface area contributed by atoms with Gasteiger partial charge < -0.3 is 5.32 Å². The molecule has 5 heteroatoms. The van der Waals surface area contributed by atoms with E-state index in [-0.39, 0.29) is 5.75 Å². The lowest BCUT2D eigenvalue weighted by Crippen LogP contribution is -2.24. The summed E-state index contributed by atoms with van der Waals surface area (Å²) in [5.41, 5.74) is 0. The standard InChI is InChI=1S/C11H14ClNO2S/c12-9-2-1-3-11(8-9)16(14,15)7-6-13-10-4-5-10/h1-3,8,10,13H,4-7H2. The van der Waals surface area contributed by atoms with Crippen LogP contribution in [0, 0.1) is 0 Å². The molecular formula is C11H14ClNO2S. The second-order valence-electron chi connectivity index (χ2n) is 4.00. The van der Waals surface area contributed by atoms with Gasteiger partial charge in [0.2, 0.25) is 0 Å². The molecule has 1 N–H and O–H groups in total. The van der Waals surface area contributed by atoms with E-state index in [0.717, 1.165) is 12.8 Å². The van der Waals surface area contributed by atoms with Gasteiger partial charge in [0, 0.05) is 17.6 Å². The zero-order valence-corrected chi connectivity index (χ0v) is 10.4. The molecule has 1 aromatic rings. The summed E-state index contributed by atoms with van der Waals surface area (Å²) in [6.07, 6.45) is 2.33. The summed E-state index contributed by atoms with van der Waals surface area (Å²) in [6, 6.07) is 6.94. The van der Waals surface area contributed by atoms with E-state index in [1.54, 1.807) is 18.2 Å². The molecule has 0 unspecified atom stereocenters. The van der Waals surface area contributed by atoms with Crippen LogP contribution in [0.5, 0.6) is 0 Å². The van der Waals surface area contributed by atoms with Gasteiger partial charge in [0.05, 0.1) is 10.6 Å². The van der Waals surface area contributed by atoms with E-state index in [9.17, 15) is 8.42 Å². The van der Waals surface area contributed by atoms with Gasteiger partial charge in [-0.25, -0.2) is 8.42 Å². The van der Waals surface area contributed by atoms with E-state index >= 15 is 0 Å². The first-order chi connectivity index (χ1) is 7.58. The fourth-order valence-electron chi connectivity index (χ4n) is 1.46. The molecule has 0 aliphatic heterocycles. The first-order valence-corrected chi connectivity index (χ1v) is 7.33. The molecule has 88 valence electrons. The first-order valence-electron chi connectivity index (χ1n) is 5.30. The number of rotatable bonds is 5. The van der Waals surface area contributed by atoms with Crippen molar-refractivity contribution < 1.29 is 8.42 Å². The Kier molecular flexibility index (Phi) is 3.52. The SMILES string of the molecule is O=S(=O)(CCNC1CC1)c1cccc(Cl)c1. The minimum atomic E-state index is -3.20. The Balaban J connectivity index is 1.99. The van der Waals surface area contributed by atoms with Gasteiger partial charge in [-0.15, -0.1) is 0 Å². The number of nitrogens with one attached hydrogen (secondary N) is 1. The maximum absolute atomic E-state index is 11.9. The number of benzene rings is 1. The molecule has 2 rings (SSSR count). The van der Waals surface area contributed by atoms with Gasteiger partial charge >= 0.3 is 0 Å². The van der Waals surface area contributed by atoms with Crippen LogP contribution < -0.4 is 5.32 Å². The molecule has 0 bridgehead atoms. The summed E-state index contributed by atoms with van der Waals surface area (Å²) in [5, 5.41) is 3.64. The van der Waals surface area contributed by atoms with Crippen molar-refractivity contribution in [3.63, 3.8) is 0 Å². The average Bonchev–Trinajstić information content (AvgIpc) is 3.01. The van der Waals surface area contributed by atoms with Crippen LogP contribution in [0.15, 0.2) is 29.2 Å². The highest BCUT2D eigenvalue weighted by Gasteiger charge is 2.21. The van der Waals surface area contributed by atoms with Crippen LogP contribution in [-0.2, 0) is 9.84 Å². The van der Waals surface area contributed by atoms with Crippen molar-refractivity contribution in [3.05, 3.63) is 29.3 Å². The number of sulfone groups is 1. The Hall–Kier alpha value is -0.580. The predicted octanol–water partition coefficient (Wildman–Crippen LogP) is 1.87. The van der Waals surface area contributed by atoms with Gasteiger partial charge in [0.15, 0.2) is 9.84 Å². The topological polar surface area (TPSA) is 46.2 Å². The zero-order valence-electron chi connectivity index (χ0n) is 8.82. The van der Waals surface area contributed by atoms with Gasteiger partial charge in [0.25, 0.3) is 0 Å². The predicted molar refractivity (Wildman–Crippen MR) is 64.5 cm³/mol. The smallest absolute Gasteiger partial charge is 0.179 e. The Morgan fingerprint density at radius 2 is 2.12 bits per heavy atom. The Labute approximate surface area is 101 Å². The molecule has 1 saturated carbocycles. The van der Waals surface area contributed by atoms with Crippen LogP contribution in [0.25, 0.3) is 0 Å². The fourth-order valence-corrected chi connectivity index (χ4v) is 2.93. The molecule has 1 aliphatic rings. The quantitative estimate of drug-likeness (QED) is 0.878. The molecule has 0 spiro atoms. The second kappa shape index (κ2) is 4.73. The van der Waals surface area contributed by atoms with E-state index in [4.69, 9.17) is 11.6 Å². The third-order valence-electron chi connectivity index (χ3n) is 2.54. The molecule has 0 atom stereocenters. The number of hydrogen-bond acceptors (Lipinski definition) is 3. The van der Waals surface area contributed by atoms with Gasteiger partial charge in [-0.2, -0.15) is 0 Å². The monoisotopic (exact) mass is 259 g/mol. The van der Waals surface area contributed by atoms with E-state index in [0.29, 0.717) is 22.5 Å². The third kappa shape index (κ3) is 3.20. The molecule has 0 heterocycles. The summed E-state index contributed by atoms with van der Waals surface area (Å²) < 4.78 is 23.8. The lowest BCUT2D eigenvalue weighted by molar-refractivity contribution is 0.590. The fraction of sp³-hybridized carbons (Fsp3) is 0.455. The number of halogens is 1. The van der Waals surface area contributed by atoms with Crippen molar-refractivity contribution in [3.8, 4) is 0 Å². The van der Waals surface area contributed by atoms with Crippen LogP contribution in [0.2, 0.25) is 5.02 Å². The first kappa shape index (κ1) is 11.9. The molecule has 0 radical (unpaired) electrons. The van der Waals surface area contributed by atoms with Crippen molar-refractivity contribution in [1.82, 2.24) is 5.32 Å². The molecule has 1 aliphatic carbocycles. The van der Waals surface area contributed by atoms with Crippen LogP contribution in [-0.4, -0.2) is 26.8 Å². The van der Waals surface area contributed by atoms with Crippen molar-refractivity contribution in [2.75, 3.05) is 12.3 Å². The second-order valence-corrected chi connectivity index (χ2v) is 6.55. The highest BCUT2D eigenvalue weighted by molar-refractivity contribution is 7.91. The molecular weight excluding hydrogens is 246 g/mol. The average molecular weight is 260 g/mol. The molecule has 16 heavy (non-hydrogen) atoms. The summed E-state index contributed by atoms with van der Waals surface area (Å²) in [5.74, 6) is 0.129. The van der Waals surface area contributed by atoms with Crippen molar-refractivity contribution >= 4 is 21.4 Å². The highest BCUT2D eigenvalue weighted by Crippen LogP contribution is 2.19. The van der Waals surface area contributed by atoms with Gasteiger partial charge in [0.1, 0.15) is 0 Å². The molecule has 3 nitrogen and oxygen atoms in total. The van der Waals surface area contributed by atoms with Gasteiger partial charge in [-0.1, -0.05) is 17.7 Å². The maximum Gasteiger partial charge on any atom is 0.179 e. The summed E-state index contributed by atoms with van der Waals surface area (Å²) >= 11 is 5.77. The van der Waals surface area contributed by atoms with Gasteiger partial charge in [-0.05, 0) is 31.0 Å². The van der Waals surface area contributed by atoms with E-state index in [1.807, 2.05) is 0 Å². The zero-order chi connectivity index (χ0) is 11.6. The van der Waals surface area contributed by atoms with E-state index in [1.165, 1.54) is 6.07 Å². The molecule has 1 aromatic carbocycles. The summed E-state index contributed by atoms with van der Waals surface area (Å²) in [6.45, 7) is 0.513. The normalized spacial score (nSPS) is 16.3. The number of hydrogen-bond donors (Lipinski definition) is 1. The molecule has 1 fully saturated rings. The van der Waals surface area contributed by atoms with E-state index in [2.05, 4.69) is 5.32 Å². The van der Waals surface area contributed by atoms with Crippen LogP contribution in [0.3, 0.4) is 0 Å².